The van der Waals surface area contributed by atoms with Gasteiger partial charge < -0.3 is 15.5 Å². The maximum Gasteiger partial charge on any atom is 0.292 e. The first kappa shape index (κ1) is 19.4. The molecule has 0 spiro atoms. The van der Waals surface area contributed by atoms with E-state index in [0.29, 0.717) is 17.7 Å². The summed E-state index contributed by atoms with van der Waals surface area (Å²) in [6.07, 6.45) is 3.62. The van der Waals surface area contributed by atoms with Gasteiger partial charge >= 0.3 is 0 Å². The Morgan fingerprint density at radius 3 is 2.50 bits per heavy atom. The third-order valence-corrected chi connectivity index (χ3v) is 4.42. The van der Waals surface area contributed by atoms with Gasteiger partial charge in [0.25, 0.3) is 11.8 Å². The normalized spacial score (nSPS) is 10.7. The Kier molecular flexibility index (Phi) is 5.93. The molecule has 2 heterocycles. The molecule has 2 N–H and O–H groups in total. The molecular formula is C21H25N5O2. The number of aromatic nitrogens is 2. The van der Waals surface area contributed by atoms with Gasteiger partial charge in [0.1, 0.15) is 0 Å². The average molecular weight is 379 g/mol. The molecule has 2 amide bonds. The molecule has 3 aromatic rings. The maximum atomic E-state index is 12.8. The average Bonchev–Trinajstić information content (AvgIpc) is 3.08. The monoisotopic (exact) mass is 379 g/mol. The Morgan fingerprint density at radius 2 is 1.82 bits per heavy atom. The molecule has 0 aliphatic heterocycles. The highest BCUT2D eigenvalue weighted by atomic mass is 16.2. The van der Waals surface area contributed by atoms with Crippen molar-refractivity contribution < 1.29 is 9.59 Å². The van der Waals surface area contributed by atoms with Crippen LogP contribution in [0.2, 0.25) is 0 Å². The van der Waals surface area contributed by atoms with Crippen LogP contribution < -0.4 is 15.5 Å². The summed E-state index contributed by atoms with van der Waals surface area (Å²) in [6.45, 7) is 2.65. The van der Waals surface area contributed by atoms with Crippen molar-refractivity contribution >= 4 is 28.7 Å². The summed E-state index contributed by atoms with van der Waals surface area (Å²) in [4.78, 5) is 31.6. The molecule has 0 atom stereocenters. The Bertz CT molecular complexity index is 976. The second kappa shape index (κ2) is 8.56. The number of nitrogens with one attached hydrogen (secondary N) is 2. The molecule has 0 aliphatic rings. The van der Waals surface area contributed by atoms with Gasteiger partial charge in [-0.3, -0.25) is 14.0 Å². The minimum absolute atomic E-state index is 0.174. The molecule has 0 bridgehead atoms. The predicted octanol–water partition coefficient (Wildman–Crippen LogP) is 3.18. The van der Waals surface area contributed by atoms with Crippen LogP contribution >= 0.6 is 0 Å². The highest BCUT2D eigenvalue weighted by Gasteiger charge is 2.21. The molecule has 0 saturated heterocycles. The quantitative estimate of drug-likeness (QED) is 0.618. The SMILES string of the molecule is CCCCNC(=O)c1nc(C(=O)Nc2ccc(N(C)C)cc2)n2ccccc12. The van der Waals surface area contributed by atoms with Crippen LogP contribution in [0.5, 0.6) is 0 Å². The smallest absolute Gasteiger partial charge is 0.292 e. The van der Waals surface area contributed by atoms with E-state index in [1.54, 1.807) is 22.7 Å². The third-order valence-electron chi connectivity index (χ3n) is 4.42. The summed E-state index contributed by atoms with van der Waals surface area (Å²) < 4.78 is 1.64. The molecular weight excluding hydrogens is 354 g/mol. The fourth-order valence-electron chi connectivity index (χ4n) is 2.86. The standard InChI is InChI=1S/C21H25N5O2/c1-4-5-13-22-20(27)18-17-8-6-7-14-26(17)19(24-18)21(28)23-15-9-11-16(12-10-15)25(2)3/h6-12,14H,4-5,13H2,1-3H3,(H,22,27)(H,23,28). The van der Waals surface area contributed by atoms with Crippen LogP contribution in [0.1, 0.15) is 40.9 Å². The van der Waals surface area contributed by atoms with Gasteiger partial charge in [-0.15, -0.1) is 0 Å². The van der Waals surface area contributed by atoms with Gasteiger partial charge in [-0.2, -0.15) is 0 Å². The van der Waals surface area contributed by atoms with Crippen LogP contribution in [0.4, 0.5) is 11.4 Å². The summed E-state index contributed by atoms with van der Waals surface area (Å²) in [5, 5.41) is 5.71. The van der Waals surface area contributed by atoms with E-state index in [1.165, 1.54) is 0 Å². The van der Waals surface area contributed by atoms with E-state index in [9.17, 15) is 9.59 Å². The molecule has 0 unspecified atom stereocenters. The Labute approximate surface area is 164 Å². The number of unbranched alkanes of at least 4 members (excludes halogenated alkanes) is 1. The summed E-state index contributed by atoms with van der Waals surface area (Å²) in [5.74, 6) is -0.467. The van der Waals surface area contributed by atoms with Gasteiger partial charge in [-0.05, 0) is 42.8 Å². The molecule has 1 aromatic carbocycles. The summed E-state index contributed by atoms with van der Waals surface area (Å²) >= 11 is 0. The van der Waals surface area contributed by atoms with Gasteiger partial charge in [-0.25, -0.2) is 4.98 Å². The van der Waals surface area contributed by atoms with Gasteiger partial charge in [0.05, 0.1) is 5.52 Å². The lowest BCUT2D eigenvalue weighted by Gasteiger charge is -2.12. The highest BCUT2D eigenvalue weighted by molar-refractivity contribution is 6.06. The minimum atomic E-state index is -0.369. The fraction of sp³-hybridized carbons (Fsp3) is 0.286. The lowest BCUT2D eigenvalue weighted by atomic mass is 10.2. The Morgan fingerprint density at radius 1 is 1.07 bits per heavy atom. The molecule has 7 heteroatoms. The van der Waals surface area contributed by atoms with Gasteiger partial charge in [-0.1, -0.05) is 19.4 Å². The number of amides is 2. The van der Waals surface area contributed by atoms with Crippen molar-refractivity contribution in [1.29, 1.82) is 0 Å². The van der Waals surface area contributed by atoms with Crippen molar-refractivity contribution in [2.45, 2.75) is 19.8 Å². The zero-order valence-electron chi connectivity index (χ0n) is 16.4. The number of nitrogens with zero attached hydrogens (tertiary/aromatic N) is 3. The van der Waals surface area contributed by atoms with E-state index < -0.39 is 0 Å². The number of anilines is 2. The number of fused-ring (bicyclic) bond motifs is 1. The van der Waals surface area contributed by atoms with Crippen molar-refractivity contribution in [3.05, 3.63) is 60.2 Å². The molecule has 0 saturated carbocycles. The van der Waals surface area contributed by atoms with E-state index in [1.807, 2.05) is 49.3 Å². The highest BCUT2D eigenvalue weighted by Crippen LogP contribution is 2.18. The molecule has 7 nitrogen and oxygen atoms in total. The van der Waals surface area contributed by atoms with E-state index in [-0.39, 0.29) is 23.3 Å². The number of carbonyl (C=O) groups excluding carboxylic acids is 2. The number of carbonyl (C=O) groups is 2. The number of benzene rings is 1. The molecule has 28 heavy (non-hydrogen) atoms. The number of pyridine rings is 1. The second-order valence-corrected chi connectivity index (χ2v) is 6.74. The largest absolute Gasteiger partial charge is 0.378 e. The number of hydrogen-bond donors (Lipinski definition) is 2. The maximum absolute atomic E-state index is 12.8. The second-order valence-electron chi connectivity index (χ2n) is 6.74. The fourth-order valence-corrected chi connectivity index (χ4v) is 2.86. The van der Waals surface area contributed by atoms with E-state index >= 15 is 0 Å². The molecule has 2 aromatic heterocycles. The van der Waals surface area contributed by atoms with Crippen molar-refractivity contribution in [1.82, 2.24) is 14.7 Å². The number of rotatable bonds is 7. The zero-order valence-corrected chi connectivity index (χ0v) is 16.4. The first-order chi connectivity index (χ1) is 13.5. The topological polar surface area (TPSA) is 78.7 Å². The first-order valence-corrected chi connectivity index (χ1v) is 9.35. The zero-order chi connectivity index (χ0) is 20.1. The van der Waals surface area contributed by atoms with Crippen molar-refractivity contribution in [2.24, 2.45) is 0 Å². The van der Waals surface area contributed by atoms with Crippen LogP contribution in [0.3, 0.4) is 0 Å². The van der Waals surface area contributed by atoms with E-state index in [2.05, 4.69) is 22.5 Å². The Hall–Kier alpha value is -3.35. The molecule has 0 aliphatic carbocycles. The molecule has 0 fully saturated rings. The molecule has 3 rings (SSSR count). The van der Waals surface area contributed by atoms with Crippen LogP contribution in [-0.2, 0) is 0 Å². The van der Waals surface area contributed by atoms with Crippen LogP contribution in [-0.4, -0.2) is 41.8 Å². The van der Waals surface area contributed by atoms with Crippen LogP contribution in [0, 0.1) is 0 Å². The summed E-state index contributed by atoms with van der Waals surface area (Å²) in [5.41, 5.74) is 2.56. The summed E-state index contributed by atoms with van der Waals surface area (Å²) in [7, 11) is 3.91. The van der Waals surface area contributed by atoms with E-state index in [4.69, 9.17) is 0 Å². The third kappa shape index (κ3) is 4.14. The number of hydrogen-bond acceptors (Lipinski definition) is 4. The lowest BCUT2D eigenvalue weighted by molar-refractivity contribution is 0.0950. The van der Waals surface area contributed by atoms with Crippen molar-refractivity contribution in [3.63, 3.8) is 0 Å². The van der Waals surface area contributed by atoms with Gasteiger partial charge in [0, 0.05) is 38.2 Å². The first-order valence-electron chi connectivity index (χ1n) is 9.35. The van der Waals surface area contributed by atoms with Gasteiger partial charge in [0.15, 0.2) is 5.69 Å². The van der Waals surface area contributed by atoms with Gasteiger partial charge in [0.2, 0.25) is 5.82 Å². The van der Waals surface area contributed by atoms with Crippen molar-refractivity contribution in [3.8, 4) is 0 Å². The van der Waals surface area contributed by atoms with Crippen LogP contribution in [0.15, 0.2) is 48.7 Å². The van der Waals surface area contributed by atoms with E-state index in [0.717, 1.165) is 18.5 Å². The number of imidazole rings is 1. The molecule has 146 valence electrons. The Balaban J connectivity index is 1.85. The van der Waals surface area contributed by atoms with Crippen molar-refractivity contribution in [2.75, 3.05) is 30.9 Å². The minimum Gasteiger partial charge on any atom is -0.378 e. The molecule has 0 radical (unpaired) electrons. The summed E-state index contributed by atoms with van der Waals surface area (Å²) in [6, 6.07) is 12.9. The predicted molar refractivity (Wildman–Crippen MR) is 111 cm³/mol. The van der Waals surface area contributed by atoms with Crippen LogP contribution in [0.25, 0.3) is 5.52 Å². The lowest BCUT2D eigenvalue weighted by Crippen LogP contribution is -2.25.